The zero-order valence-corrected chi connectivity index (χ0v) is 9.79. The minimum atomic E-state index is 0.598. The van der Waals surface area contributed by atoms with E-state index in [0.717, 1.165) is 12.3 Å². The molecule has 2 unspecified atom stereocenters. The Balaban J connectivity index is 2.14. The van der Waals surface area contributed by atoms with Crippen LogP contribution in [0.5, 0.6) is 0 Å². The molecule has 0 spiro atoms. The number of aryl methyl sites for hydroxylation is 1. The van der Waals surface area contributed by atoms with Crippen molar-refractivity contribution in [1.82, 2.24) is 5.32 Å². The summed E-state index contributed by atoms with van der Waals surface area (Å²) in [6.07, 6.45) is 3.75. The third-order valence-electron chi connectivity index (χ3n) is 3.62. The molecule has 0 aliphatic carbocycles. The molecule has 1 heteroatoms. The first-order valence-electron chi connectivity index (χ1n) is 6.17. The van der Waals surface area contributed by atoms with Gasteiger partial charge in [0.1, 0.15) is 0 Å². The lowest BCUT2D eigenvalue weighted by molar-refractivity contribution is 0.449. The predicted molar refractivity (Wildman–Crippen MR) is 65.0 cm³/mol. The summed E-state index contributed by atoms with van der Waals surface area (Å²) in [7, 11) is 0. The van der Waals surface area contributed by atoms with Gasteiger partial charge in [-0.3, -0.25) is 0 Å². The molecule has 1 fully saturated rings. The fourth-order valence-corrected chi connectivity index (χ4v) is 2.55. The average Bonchev–Trinajstić information content (AvgIpc) is 2.77. The second-order valence-corrected chi connectivity index (χ2v) is 4.48. The molecule has 82 valence electrons. The van der Waals surface area contributed by atoms with Gasteiger partial charge in [0.25, 0.3) is 0 Å². The maximum atomic E-state index is 3.61. The van der Waals surface area contributed by atoms with Gasteiger partial charge in [0.05, 0.1) is 0 Å². The Morgan fingerprint density at radius 2 is 1.93 bits per heavy atom. The Morgan fingerprint density at radius 3 is 2.53 bits per heavy atom. The fourth-order valence-electron chi connectivity index (χ4n) is 2.55. The monoisotopic (exact) mass is 203 g/mol. The lowest BCUT2D eigenvalue weighted by Crippen LogP contribution is -2.17. The molecular formula is C14H21N. The van der Waals surface area contributed by atoms with E-state index in [1.165, 1.54) is 30.5 Å². The van der Waals surface area contributed by atoms with Gasteiger partial charge in [-0.05, 0) is 36.4 Å². The van der Waals surface area contributed by atoms with Gasteiger partial charge in [0.15, 0.2) is 0 Å². The maximum absolute atomic E-state index is 3.61. The van der Waals surface area contributed by atoms with Crippen molar-refractivity contribution in [2.24, 2.45) is 5.92 Å². The van der Waals surface area contributed by atoms with Crippen LogP contribution in [0.15, 0.2) is 24.3 Å². The van der Waals surface area contributed by atoms with Crippen LogP contribution in [-0.2, 0) is 6.42 Å². The molecule has 1 nitrogen and oxygen atoms in total. The number of benzene rings is 1. The van der Waals surface area contributed by atoms with Crippen LogP contribution in [0, 0.1) is 5.92 Å². The van der Waals surface area contributed by atoms with Crippen LogP contribution >= 0.6 is 0 Å². The van der Waals surface area contributed by atoms with Crippen molar-refractivity contribution in [3.63, 3.8) is 0 Å². The lowest BCUT2D eigenvalue weighted by Gasteiger charge is -2.18. The standard InChI is InChI=1S/C14H21N/c1-3-11-5-7-13(8-6-11)14-12(4-2)9-10-15-14/h5-8,12,14-15H,3-4,9-10H2,1-2H3. The Kier molecular flexibility index (Phi) is 3.42. The molecule has 1 heterocycles. The van der Waals surface area contributed by atoms with Gasteiger partial charge in [-0.15, -0.1) is 0 Å². The molecule has 1 aliphatic heterocycles. The lowest BCUT2D eigenvalue weighted by atomic mass is 9.91. The molecule has 0 bridgehead atoms. The van der Waals surface area contributed by atoms with E-state index in [2.05, 4.69) is 43.4 Å². The van der Waals surface area contributed by atoms with Crippen LogP contribution in [0.2, 0.25) is 0 Å². The van der Waals surface area contributed by atoms with Crippen LogP contribution in [0.3, 0.4) is 0 Å². The third-order valence-corrected chi connectivity index (χ3v) is 3.62. The number of hydrogen-bond acceptors (Lipinski definition) is 1. The summed E-state index contributed by atoms with van der Waals surface area (Å²) in [5.41, 5.74) is 2.90. The normalized spacial score (nSPS) is 25.7. The van der Waals surface area contributed by atoms with Crippen LogP contribution in [0.1, 0.15) is 43.9 Å². The summed E-state index contributed by atoms with van der Waals surface area (Å²) in [5, 5.41) is 3.61. The molecule has 0 aromatic heterocycles. The maximum Gasteiger partial charge on any atom is 0.0349 e. The summed E-state index contributed by atoms with van der Waals surface area (Å²) < 4.78 is 0. The molecule has 1 aliphatic rings. The average molecular weight is 203 g/mol. The Labute approximate surface area is 92.9 Å². The van der Waals surface area contributed by atoms with Crippen molar-refractivity contribution >= 4 is 0 Å². The largest absolute Gasteiger partial charge is 0.310 e. The quantitative estimate of drug-likeness (QED) is 0.794. The first-order valence-corrected chi connectivity index (χ1v) is 6.17. The number of rotatable bonds is 3. The van der Waals surface area contributed by atoms with Gasteiger partial charge < -0.3 is 5.32 Å². The zero-order chi connectivity index (χ0) is 10.7. The van der Waals surface area contributed by atoms with Crippen LogP contribution in [0.4, 0.5) is 0 Å². The van der Waals surface area contributed by atoms with Crippen molar-refractivity contribution in [1.29, 1.82) is 0 Å². The molecule has 2 rings (SSSR count). The van der Waals surface area contributed by atoms with Gasteiger partial charge in [-0.1, -0.05) is 44.5 Å². The van der Waals surface area contributed by atoms with Crippen molar-refractivity contribution in [3.8, 4) is 0 Å². The Bertz CT molecular complexity index is 302. The van der Waals surface area contributed by atoms with E-state index < -0.39 is 0 Å². The van der Waals surface area contributed by atoms with E-state index in [1.807, 2.05) is 0 Å². The van der Waals surface area contributed by atoms with Crippen LogP contribution < -0.4 is 5.32 Å². The van der Waals surface area contributed by atoms with Crippen LogP contribution in [-0.4, -0.2) is 6.54 Å². The van der Waals surface area contributed by atoms with Crippen molar-refractivity contribution < 1.29 is 0 Å². The molecule has 1 N–H and O–H groups in total. The highest BCUT2D eigenvalue weighted by molar-refractivity contribution is 5.26. The smallest absolute Gasteiger partial charge is 0.0349 e. The summed E-state index contributed by atoms with van der Waals surface area (Å²) in [5.74, 6) is 0.831. The van der Waals surface area contributed by atoms with E-state index in [4.69, 9.17) is 0 Å². The highest BCUT2D eigenvalue weighted by Crippen LogP contribution is 2.31. The van der Waals surface area contributed by atoms with Crippen molar-refractivity contribution in [2.45, 2.75) is 39.2 Å². The molecule has 0 radical (unpaired) electrons. The minimum absolute atomic E-state index is 0.598. The van der Waals surface area contributed by atoms with Crippen molar-refractivity contribution in [2.75, 3.05) is 6.54 Å². The summed E-state index contributed by atoms with van der Waals surface area (Å²) in [6, 6.07) is 9.72. The molecule has 2 atom stereocenters. The van der Waals surface area contributed by atoms with Crippen molar-refractivity contribution in [3.05, 3.63) is 35.4 Å². The van der Waals surface area contributed by atoms with Gasteiger partial charge in [0, 0.05) is 6.04 Å². The Hall–Kier alpha value is -0.820. The van der Waals surface area contributed by atoms with E-state index >= 15 is 0 Å². The van der Waals surface area contributed by atoms with Gasteiger partial charge in [0.2, 0.25) is 0 Å². The molecule has 1 aromatic carbocycles. The molecule has 0 amide bonds. The third kappa shape index (κ3) is 2.23. The molecule has 0 saturated carbocycles. The summed E-state index contributed by atoms with van der Waals surface area (Å²) >= 11 is 0. The van der Waals surface area contributed by atoms with E-state index in [-0.39, 0.29) is 0 Å². The van der Waals surface area contributed by atoms with Crippen LogP contribution in [0.25, 0.3) is 0 Å². The van der Waals surface area contributed by atoms with Gasteiger partial charge >= 0.3 is 0 Å². The van der Waals surface area contributed by atoms with E-state index in [1.54, 1.807) is 0 Å². The topological polar surface area (TPSA) is 12.0 Å². The zero-order valence-electron chi connectivity index (χ0n) is 9.79. The Morgan fingerprint density at radius 1 is 1.20 bits per heavy atom. The molecule has 15 heavy (non-hydrogen) atoms. The van der Waals surface area contributed by atoms with E-state index in [9.17, 15) is 0 Å². The molecule has 1 saturated heterocycles. The number of hydrogen-bond donors (Lipinski definition) is 1. The summed E-state index contributed by atoms with van der Waals surface area (Å²) in [4.78, 5) is 0. The van der Waals surface area contributed by atoms with E-state index in [0.29, 0.717) is 6.04 Å². The molecular weight excluding hydrogens is 182 g/mol. The first kappa shape index (κ1) is 10.7. The van der Waals surface area contributed by atoms with Gasteiger partial charge in [-0.25, -0.2) is 0 Å². The fraction of sp³-hybridized carbons (Fsp3) is 0.571. The predicted octanol–water partition coefficient (Wildman–Crippen LogP) is 3.31. The minimum Gasteiger partial charge on any atom is -0.310 e. The highest BCUT2D eigenvalue weighted by Gasteiger charge is 2.26. The SMILES string of the molecule is CCc1ccc(C2NCCC2CC)cc1. The highest BCUT2D eigenvalue weighted by atomic mass is 14.9. The second kappa shape index (κ2) is 4.80. The first-order chi connectivity index (χ1) is 7.35. The number of nitrogens with one attached hydrogen (secondary N) is 1. The second-order valence-electron chi connectivity index (χ2n) is 4.48. The molecule has 1 aromatic rings. The summed E-state index contributed by atoms with van der Waals surface area (Å²) in [6.45, 7) is 5.68. The van der Waals surface area contributed by atoms with Gasteiger partial charge in [-0.2, -0.15) is 0 Å².